The fraction of sp³-hybridized carbons (Fsp3) is 1.00. The van der Waals surface area contributed by atoms with Crippen LogP contribution in [-0.2, 0) is 0 Å². The number of nitrogens with two attached hydrogens (primary N) is 1. The van der Waals surface area contributed by atoms with Gasteiger partial charge in [-0.25, -0.2) is 0 Å². The lowest BCUT2D eigenvalue weighted by molar-refractivity contribution is 0.147. The van der Waals surface area contributed by atoms with Crippen molar-refractivity contribution in [1.29, 1.82) is 0 Å². The van der Waals surface area contributed by atoms with Crippen molar-refractivity contribution < 1.29 is 0 Å². The van der Waals surface area contributed by atoms with Gasteiger partial charge in [0.05, 0.1) is 0 Å². The zero-order chi connectivity index (χ0) is 12.8. The molecule has 0 saturated carbocycles. The van der Waals surface area contributed by atoms with E-state index >= 15 is 0 Å². The Hall–Kier alpha value is -0.120. The SMILES string of the molecule is CCCN(CCN(C)C)CC(C)(C)C(C)N. The second-order valence-corrected chi connectivity index (χ2v) is 5.86. The maximum atomic E-state index is 6.03. The minimum atomic E-state index is 0.196. The van der Waals surface area contributed by atoms with Gasteiger partial charge in [-0.05, 0) is 39.4 Å². The molecule has 0 aliphatic heterocycles. The summed E-state index contributed by atoms with van der Waals surface area (Å²) in [5.41, 5.74) is 6.23. The molecule has 0 saturated heterocycles. The van der Waals surface area contributed by atoms with Crippen molar-refractivity contribution in [1.82, 2.24) is 9.80 Å². The predicted octanol–water partition coefficient (Wildman–Crippen LogP) is 1.63. The van der Waals surface area contributed by atoms with E-state index in [9.17, 15) is 0 Å². The van der Waals surface area contributed by atoms with Crippen LogP contribution in [0.3, 0.4) is 0 Å². The van der Waals surface area contributed by atoms with Crippen LogP contribution in [0.4, 0.5) is 0 Å². The highest BCUT2D eigenvalue weighted by Gasteiger charge is 2.25. The van der Waals surface area contributed by atoms with Crippen LogP contribution in [0.2, 0.25) is 0 Å². The van der Waals surface area contributed by atoms with Gasteiger partial charge in [0.1, 0.15) is 0 Å². The van der Waals surface area contributed by atoms with Gasteiger partial charge in [0.15, 0.2) is 0 Å². The highest BCUT2D eigenvalue weighted by Crippen LogP contribution is 2.20. The Morgan fingerprint density at radius 1 is 1.12 bits per heavy atom. The molecule has 0 aromatic rings. The third kappa shape index (κ3) is 6.46. The Labute approximate surface area is 102 Å². The Bertz CT molecular complexity index is 176. The Morgan fingerprint density at radius 3 is 2.06 bits per heavy atom. The lowest BCUT2D eigenvalue weighted by Crippen LogP contribution is -2.46. The number of likely N-dealkylation sites (N-methyl/N-ethyl adjacent to an activating group) is 1. The molecule has 1 atom stereocenters. The fourth-order valence-electron chi connectivity index (χ4n) is 1.65. The smallest absolute Gasteiger partial charge is 0.0109 e. The summed E-state index contributed by atoms with van der Waals surface area (Å²) >= 11 is 0. The minimum Gasteiger partial charge on any atom is -0.327 e. The van der Waals surface area contributed by atoms with Crippen molar-refractivity contribution in [3.05, 3.63) is 0 Å². The van der Waals surface area contributed by atoms with E-state index in [1.54, 1.807) is 0 Å². The first-order valence-corrected chi connectivity index (χ1v) is 6.42. The molecule has 0 spiro atoms. The topological polar surface area (TPSA) is 32.5 Å². The molecule has 98 valence electrons. The molecule has 0 fully saturated rings. The molecule has 3 nitrogen and oxygen atoms in total. The summed E-state index contributed by atoms with van der Waals surface area (Å²) in [7, 11) is 4.25. The lowest BCUT2D eigenvalue weighted by atomic mass is 9.85. The van der Waals surface area contributed by atoms with E-state index in [0.29, 0.717) is 0 Å². The predicted molar refractivity (Wildman–Crippen MR) is 72.7 cm³/mol. The van der Waals surface area contributed by atoms with Crippen LogP contribution in [0.5, 0.6) is 0 Å². The first-order chi connectivity index (χ1) is 7.29. The lowest BCUT2D eigenvalue weighted by Gasteiger charge is -2.36. The molecule has 0 bridgehead atoms. The highest BCUT2D eigenvalue weighted by molar-refractivity contribution is 4.81. The maximum Gasteiger partial charge on any atom is 0.0109 e. The van der Waals surface area contributed by atoms with E-state index in [0.717, 1.165) is 19.6 Å². The third-order valence-corrected chi connectivity index (χ3v) is 3.27. The number of hydrogen-bond donors (Lipinski definition) is 1. The second-order valence-electron chi connectivity index (χ2n) is 5.86. The Balaban J connectivity index is 4.21. The number of rotatable bonds is 8. The van der Waals surface area contributed by atoms with Crippen molar-refractivity contribution in [2.24, 2.45) is 11.1 Å². The molecule has 1 unspecified atom stereocenters. The average molecular weight is 229 g/mol. The van der Waals surface area contributed by atoms with Gasteiger partial charge < -0.3 is 15.5 Å². The largest absolute Gasteiger partial charge is 0.327 e. The zero-order valence-electron chi connectivity index (χ0n) is 12.1. The summed E-state index contributed by atoms with van der Waals surface area (Å²) in [6, 6.07) is 0.242. The highest BCUT2D eigenvalue weighted by atomic mass is 15.2. The van der Waals surface area contributed by atoms with Gasteiger partial charge in [-0.3, -0.25) is 0 Å². The molecule has 0 aromatic carbocycles. The molecule has 2 N–H and O–H groups in total. The molecular weight excluding hydrogens is 198 g/mol. The summed E-state index contributed by atoms with van der Waals surface area (Å²) in [6.07, 6.45) is 1.21. The van der Waals surface area contributed by atoms with E-state index in [1.165, 1.54) is 13.0 Å². The third-order valence-electron chi connectivity index (χ3n) is 3.27. The van der Waals surface area contributed by atoms with Gasteiger partial charge in [0.2, 0.25) is 0 Å². The van der Waals surface area contributed by atoms with Gasteiger partial charge in [-0.2, -0.15) is 0 Å². The number of hydrogen-bond acceptors (Lipinski definition) is 3. The zero-order valence-corrected chi connectivity index (χ0v) is 12.1. The normalized spacial score (nSPS) is 14.8. The van der Waals surface area contributed by atoms with Crippen molar-refractivity contribution in [2.75, 3.05) is 40.3 Å². The van der Waals surface area contributed by atoms with Crippen molar-refractivity contribution in [2.45, 2.75) is 40.2 Å². The van der Waals surface area contributed by atoms with Crippen LogP contribution in [-0.4, -0.2) is 56.1 Å². The summed E-state index contributed by atoms with van der Waals surface area (Å²) in [5.74, 6) is 0. The van der Waals surface area contributed by atoms with Crippen LogP contribution < -0.4 is 5.73 Å². The van der Waals surface area contributed by atoms with Gasteiger partial charge in [0, 0.05) is 25.7 Å². The van der Waals surface area contributed by atoms with E-state index in [2.05, 4.69) is 51.6 Å². The van der Waals surface area contributed by atoms with Crippen molar-refractivity contribution in [3.63, 3.8) is 0 Å². The fourth-order valence-corrected chi connectivity index (χ4v) is 1.65. The standard InChI is InChI=1S/C13H31N3/c1-7-8-16(10-9-15(5)6)11-13(3,4)12(2)14/h12H,7-11,14H2,1-6H3. The molecule has 0 aliphatic carbocycles. The Morgan fingerprint density at radius 2 is 1.69 bits per heavy atom. The molecular formula is C13H31N3. The quantitative estimate of drug-likeness (QED) is 0.687. The first kappa shape index (κ1) is 15.9. The van der Waals surface area contributed by atoms with Gasteiger partial charge in [-0.1, -0.05) is 20.8 Å². The molecule has 0 aliphatic rings. The van der Waals surface area contributed by atoms with Gasteiger partial charge in [-0.15, -0.1) is 0 Å². The molecule has 16 heavy (non-hydrogen) atoms. The molecule has 0 radical (unpaired) electrons. The first-order valence-electron chi connectivity index (χ1n) is 6.42. The molecule has 0 aromatic heterocycles. The average Bonchev–Trinajstić information content (AvgIpc) is 2.13. The molecule has 3 heteroatoms. The van der Waals surface area contributed by atoms with Crippen LogP contribution >= 0.6 is 0 Å². The molecule has 0 amide bonds. The monoisotopic (exact) mass is 229 g/mol. The summed E-state index contributed by atoms with van der Waals surface area (Å²) < 4.78 is 0. The van der Waals surface area contributed by atoms with E-state index in [1.807, 2.05) is 0 Å². The van der Waals surface area contributed by atoms with Gasteiger partial charge in [0.25, 0.3) is 0 Å². The van der Waals surface area contributed by atoms with Gasteiger partial charge >= 0.3 is 0 Å². The minimum absolute atomic E-state index is 0.196. The van der Waals surface area contributed by atoms with Crippen LogP contribution in [0, 0.1) is 5.41 Å². The molecule has 0 rings (SSSR count). The van der Waals surface area contributed by atoms with Crippen molar-refractivity contribution >= 4 is 0 Å². The van der Waals surface area contributed by atoms with Crippen LogP contribution in [0.15, 0.2) is 0 Å². The van der Waals surface area contributed by atoms with Crippen molar-refractivity contribution in [3.8, 4) is 0 Å². The summed E-state index contributed by atoms with van der Waals surface area (Å²) in [5, 5.41) is 0. The second kappa shape index (κ2) is 7.25. The maximum absolute atomic E-state index is 6.03. The van der Waals surface area contributed by atoms with E-state index in [4.69, 9.17) is 5.73 Å². The van der Waals surface area contributed by atoms with Crippen LogP contribution in [0.25, 0.3) is 0 Å². The van der Waals surface area contributed by atoms with E-state index < -0.39 is 0 Å². The van der Waals surface area contributed by atoms with E-state index in [-0.39, 0.29) is 11.5 Å². The summed E-state index contributed by atoms with van der Waals surface area (Å²) in [4.78, 5) is 4.77. The Kier molecular flexibility index (Phi) is 7.20. The number of nitrogens with zero attached hydrogens (tertiary/aromatic N) is 2. The summed E-state index contributed by atoms with van der Waals surface area (Å²) in [6.45, 7) is 13.4. The van der Waals surface area contributed by atoms with Crippen LogP contribution in [0.1, 0.15) is 34.1 Å². The molecule has 0 heterocycles.